The molecule has 7 rings (SSSR count). The molecule has 0 unspecified atom stereocenters. The number of halogens is 1. The summed E-state index contributed by atoms with van der Waals surface area (Å²) in [7, 11) is 0. The van der Waals surface area contributed by atoms with E-state index in [0.29, 0.717) is 13.2 Å². The molecule has 2 heterocycles. The van der Waals surface area contributed by atoms with Gasteiger partial charge in [0.15, 0.2) is 11.7 Å². The van der Waals surface area contributed by atoms with Gasteiger partial charge in [0, 0.05) is 31.1 Å². The van der Waals surface area contributed by atoms with Crippen LogP contribution < -0.4 is 0 Å². The first-order valence-corrected chi connectivity index (χ1v) is 11.3. The van der Waals surface area contributed by atoms with Crippen molar-refractivity contribution in [1.82, 2.24) is 0 Å². The number of hydrogen-bond donors (Lipinski definition) is 0. The number of esters is 2. The molecule has 0 radical (unpaired) electrons. The maximum Gasteiger partial charge on any atom is 0.324 e. The second-order valence-corrected chi connectivity index (χ2v) is 10.3. The van der Waals surface area contributed by atoms with Crippen molar-refractivity contribution < 1.29 is 32.9 Å². The Kier molecular flexibility index (Phi) is 3.99. The van der Waals surface area contributed by atoms with E-state index < -0.39 is 34.8 Å². The molecule has 0 aromatic heterocycles. The van der Waals surface area contributed by atoms with E-state index in [9.17, 15) is 14.0 Å². The maximum atomic E-state index is 13.8. The van der Waals surface area contributed by atoms with Crippen molar-refractivity contribution in [3.63, 3.8) is 0 Å². The highest BCUT2D eigenvalue weighted by molar-refractivity contribution is 5.99. The fraction of sp³-hybridized carbons (Fsp3) is 0.667. The van der Waals surface area contributed by atoms with Crippen LogP contribution in [0.15, 0.2) is 24.3 Å². The Bertz CT molecular complexity index is 880. The lowest BCUT2D eigenvalue weighted by molar-refractivity contribution is -0.308. The van der Waals surface area contributed by atoms with E-state index in [0.717, 1.165) is 31.2 Å². The molecule has 1 aromatic rings. The van der Waals surface area contributed by atoms with Gasteiger partial charge in [0.25, 0.3) is 5.79 Å². The van der Waals surface area contributed by atoms with Gasteiger partial charge in [-0.05, 0) is 55.2 Å². The molecule has 0 N–H and O–H groups in total. The van der Waals surface area contributed by atoms with Crippen molar-refractivity contribution >= 4 is 11.9 Å². The molecule has 0 amide bonds. The third kappa shape index (κ3) is 2.50. The Morgan fingerprint density at radius 3 is 1.77 bits per heavy atom. The molecule has 166 valence electrons. The monoisotopic (exact) mass is 430 g/mol. The molecule has 2 aliphatic heterocycles. The van der Waals surface area contributed by atoms with Crippen LogP contribution in [0.1, 0.15) is 45.1 Å². The second kappa shape index (κ2) is 6.29. The zero-order chi connectivity index (χ0) is 21.6. The Hall–Kier alpha value is -1.99. The third-order valence-electron chi connectivity index (χ3n) is 8.49. The van der Waals surface area contributed by atoms with Gasteiger partial charge in [-0.1, -0.05) is 12.1 Å². The van der Waals surface area contributed by atoms with E-state index >= 15 is 0 Å². The van der Waals surface area contributed by atoms with Gasteiger partial charge in [0.1, 0.15) is 5.82 Å². The second-order valence-electron chi connectivity index (χ2n) is 10.3. The van der Waals surface area contributed by atoms with E-state index in [1.165, 1.54) is 12.1 Å². The number of carbonyl (C=O) groups is 2. The summed E-state index contributed by atoms with van der Waals surface area (Å²) < 4.78 is 37.3. The van der Waals surface area contributed by atoms with Crippen molar-refractivity contribution in [3.8, 4) is 0 Å². The number of rotatable bonds is 2. The van der Waals surface area contributed by atoms with Crippen LogP contribution in [0.5, 0.6) is 0 Å². The normalized spacial score (nSPS) is 40.2. The molecular formula is C24H27FO6. The molecule has 1 aromatic carbocycles. The van der Waals surface area contributed by atoms with Crippen LogP contribution in [-0.4, -0.2) is 36.7 Å². The summed E-state index contributed by atoms with van der Waals surface area (Å²) in [5, 5.41) is 0. The minimum Gasteiger partial charge on any atom is -0.422 e. The smallest absolute Gasteiger partial charge is 0.324 e. The minimum atomic E-state index is -1.28. The van der Waals surface area contributed by atoms with Crippen molar-refractivity contribution in [2.45, 2.75) is 56.5 Å². The van der Waals surface area contributed by atoms with Crippen molar-refractivity contribution in [1.29, 1.82) is 0 Å². The molecular weight excluding hydrogens is 403 g/mol. The highest BCUT2D eigenvalue weighted by atomic mass is 19.1. The Morgan fingerprint density at radius 2 is 1.29 bits per heavy atom. The molecule has 6 aliphatic rings. The average Bonchev–Trinajstić information content (AvgIpc) is 3.15. The van der Waals surface area contributed by atoms with E-state index in [2.05, 4.69) is 0 Å². The predicted octanol–water partition coefficient (Wildman–Crippen LogP) is 3.32. The number of cyclic esters (lactones) is 2. The van der Waals surface area contributed by atoms with Crippen LogP contribution in [0.4, 0.5) is 4.39 Å². The fourth-order valence-electron chi connectivity index (χ4n) is 7.74. The van der Waals surface area contributed by atoms with Crippen LogP contribution in [0, 0.1) is 35.4 Å². The van der Waals surface area contributed by atoms with Crippen LogP contribution in [0.2, 0.25) is 0 Å². The average molecular weight is 430 g/mol. The van der Waals surface area contributed by atoms with Gasteiger partial charge in [-0.2, -0.15) is 0 Å². The van der Waals surface area contributed by atoms with Gasteiger partial charge in [-0.15, -0.1) is 0 Å². The predicted molar refractivity (Wildman–Crippen MR) is 105 cm³/mol. The van der Waals surface area contributed by atoms with Crippen LogP contribution in [0.25, 0.3) is 0 Å². The molecule has 31 heavy (non-hydrogen) atoms. The molecule has 0 atom stereocenters. The first-order valence-electron chi connectivity index (χ1n) is 11.3. The lowest BCUT2D eigenvalue weighted by Crippen LogP contribution is -2.70. The van der Waals surface area contributed by atoms with E-state index in [4.69, 9.17) is 18.9 Å². The van der Waals surface area contributed by atoms with E-state index in [1.807, 2.05) is 0 Å². The molecule has 6 nitrogen and oxygen atoms in total. The summed E-state index contributed by atoms with van der Waals surface area (Å²) in [5.74, 6) is -3.69. The van der Waals surface area contributed by atoms with Gasteiger partial charge in [0.2, 0.25) is 0 Å². The number of carbonyl (C=O) groups excluding carboxylic acids is 2. The van der Waals surface area contributed by atoms with E-state index in [-0.39, 0.29) is 29.5 Å². The first kappa shape index (κ1) is 19.7. The van der Waals surface area contributed by atoms with Gasteiger partial charge in [-0.3, -0.25) is 9.59 Å². The van der Waals surface area contributed by atoms with Gasteiger partial charge in [0.05, 0.1) is 13.2 Å². The minimum absolute atomic E-state index is 0.0604. The van der Waals surface area contributed by atoms with Crippen molar-refractivity contribution in [2.75, 3.05) is 13.2 Å². The molecule has 1 spiro atoms. The number of hydrogen-bond acceptors (Lipinski definition) is 6. The summed E-state index contributed by atoms with van der Waals surface area (Å²) in [6.45, 7) is 4.36. The Morgan fingerprint density at radius 1 is 0.806 bits per heavy atom. The van der Waals surface area contributed by atoms with E-state index in [1.54, 1.807) is 26.0 Å². The maximum absolute atomic E-state index is 13.8. The standard InChI is InChI=1S/C24H27FO6/c1-22(2)30-20(26)19(21(27)31-22)23(13-3-5-18(25)6-4-13)14-9-16-11-15(23)12-17(10-14)24(16)28-7-8-29-24/h3-6,14-17,19H,7-12H2,1-2H3. The van der Waals surface area contributed by atoms with Crippen molar-refractivity contribution in [3.05, 3.63) is 35.6 Å². The zero-order valence-electron chi connectivity index (χ0n) is 17.8. The summed E-state index contributed by atoms with van der Waals surface area (Å²) in [5.41, 5.74) is 0.0506. The lowest BCUT2D eigenvalue weighted by atomic mass is 9.39. The number of ether oxygens (including phenoxy) is 4. The summed E-state index contributed by atoms with van der Waals surface area (Å²) in [6.07, 6.45) is 3.19. The number of benzene rings is 1. The SMILES string of the molecule is CC1(C)OC(=O)C(C2(c3ccc(F)cc3)C3CC4CC2CC(C3)C42OCCO2)C(=O)O1. The highest BCUT2D eigenvalue weighted by Crippen LogP contribution is 2.69. The quantitative estimate of drug-likeness (QED) is 0.530. The Balaban J connectivity index is 1.48. The summed E-state index contributed by atoms with van der Waals surface area (Å²) in [6, 6.07) is 6.29. The van der Waals surface area contributed by atoms with Gasteiger partial charge in [-0.25, -0.2) is 4.39 Å². The summed E-state index contributed by atoms with van der Waals surface area (Å²) >= 11 is 0. The molecule has 7 heteroatoms. The fourth-order valence-corrected chi connectivity index (χ4v) is 7.74. The molecule has 6 fully saturated rings. The zero-order valence-corrected chi connectivity index (χ0v) is 17.8. The van der Waals surface area contributed by atoms with Crippen LogP contribution in [0.3, 0.4) is 0 Å². The van der Waals surface area contributed by atoms with Crippen LogP contribution in [-0.2, 0) is 34.0 Å². The molecule has 4 aliphatic carbocycles. The molecule has 4 bridgehead atoms. The Labute approximate surface area is 180 Å². The third-order valence-corrected chi connectivity index (χ3v) is 8.49. The highest BCUT2D eigenvalue weighted by Gasteiger charge is 2.72. The first-order chi connectivity index (χ1) is 14.8. The topological polar surface area (TPSA) is 71.1 Å². The lowest BCUT2D eigenvalue weighted by Gasteiger charge is -2.67. The van der Waals surface area contributed by atoms with Gasteiger partial charge < -0.3 is 18.9 Å². The molecule has 4 saturated carbocycles. The largest absolute Gasteiger partial charge is 0.422 e. The van der Waals surface area contributed by atoms with Gasteiger partial charge >= 0.3 is 11.9 Å². The summed E-state index contributed by atoms with van der Waals surface area (Å²) in [4.78, 5) is 26.6. The van der Waals surface area contributed by atoms with Crippen molar-refractivity contribution in [2.24, 2.45) is 29.6 Å². The molecule has 2 saturated heterocycles. The van der Waals surface area contributed by atoms with Crippen LogP contribution >= 0.6 is 0 Å².